The highest BCUT2D eigenvalue weighted by Crippen LogP contribution is 2.31. The normalized spacial score (nSPS) is 17.5. The lowest BCUT2D eigenvalue weighted by atomic mass is 9.91. The third-order valence-corrected chi connectivity index (χ3v) is 4.54. The molecule has 4 heteroatoms. The molecule has 0 saturated carbocycles. The minimum atomic E-state index is -0.445. The summed E-state index contributed by atoms with van der Waals surface area (Å²) in [5, 5.41) is 2.97. The van der Waals surface area contributed by atoms with Gasteiger partial charge in [0.15, 0.2) is 5.78 Å². The van der Waals surface area contributed by atoms with Crippen LogP contribution in [0, 0.1) is 0 Å². The Hall–Kier alpha value is -3.14. The SMILES string of the molecule is CCN1C(=O)NC(c2ccccc2)C(C(=O)C=Cc2ccccc2)=C1C. The summed E-state index contributed by atoms with van der Waals surface area (Å²) >= 11 is 0. The maximum Gasteiger partial charge on any atom is 0.322 e. The molecule has 26 heavy (non-hydrogen) atoms. The molecule has 3 rings (SSSR count). The molecule has 2 amide bonds. The Morgan fingerprint density at radius 1 is 1.08 bits per heavy atom. The summed E-state index contributed by atoms with van der Waals surface area (Å²) in [5.41, 5.74) is 3.16. The quantitative estimate of drug-likeness (QED) is 0.819. The number of amides is 2. The van der Waals surface area contributed by atoms with Gasteiger partial charge in [0, 0.05) is 17.8 Å². The maximum absolute atomic E-state index is 13.0. The van der Waals surface area contributed by atoms with Gasteiger partial charge in [-0.1, -0.05) is 66.7 Å². The number of allylic oxidation sites excluding steroid dienone is 2. The van der Waals surface area contributed by atoms with Gasteiger partial charge in [-0.25, -0.2) is 4.79 Å². The van der Waals surface area contributed by atoms with E-state index in [0.29, 0.717) is 17.8 Å². The van der Waals surface area contributed by atoms with E-state index >= 15 is 0 Å². The van der Waals surface area contributed by atoms with Gasteiger partial charge in [-0.3, -0.25) is 9.69 Å². The van der Waals surface area contributed by atoms with E-state index in [4.69, 9.17) is 0 Å². The van der Waals surface area contributed by atoms with Gasteiger partial charge in [-0.2, -0.15) is 0 Å². The number of carbonyl (C=O) groups is 2. The van der Waals surface area contributed by atoms with Gasteiger partial charge in [0.2, 0.25) is 0 Å². The van der Waals surface area contributed by atoms with Gasteiger partial charge in [0.05, 0.1) is 6.04 Å². The molecular formula is C22H22N2O2. The van der Waals surface area contributed by atoms with Crippen LogP contribution < -0.4 is 5.32 Å². The monoisotopic (exact) mass is 346 g/mol. The lowest BCUT2D eigenvalue weighted by Crippen LogP contribution is -2.47. The van der Waals surface area contributed by atoms with Crippen LogP contribution in [0.2, 0.25) is 0 Å². The van der Waals surface area contributed by atoms with E-state index in [2.05, 4.69) is 5.32 Å². The Balaban J connectivity index is 2.00. The van der Waals surface area contributed by atoms with E-state index in [-0.39, 0.29) is 11.8 Å². The topological polar surface area (TPSA) is 49.4 Å². The molecule has 1 aliphatic heterocycles. The molecule has 1 N–H and O–H groups in total. The minimum Gasteiger partial charge on any atom is -0.327 e. The van der Waals surface area contributed by atoms with E-state index in [1.807, 2.05) is 74.5 Å². The summed E-state index contributed by atoms with van der Waals surface area (Å²) in [5.74, 6) is -0.0985. The standard InChI is InChI=1S/C22H22N2O2/c1-3-24-16(2)20(19(25)15-14-17-10-6-4-7-11-17)21(23-22(24)26)18-12-8-5-9-13-18/h4-15,21H,3H2,1-2H3,(H,23,26). The fourth-order valence-corrected chi connectivity index (χ4v) is 3.20. The van der Waals surface area contributed by atoms with Crippen molar-refractivity contribution >= 4 is 17.9 Å². The first-order valence-electron chi connectivity index (χ1n) is 8.73. The van der Waals surface area contributed by atoms with Crippen molar-refractivity contribution in [3.05, 3.63) is 89.1 Å². The van der Waals surface area contributed by atoms with Crippen LogP contribution in [0.15, 0.2) is 78.0 Å². The van der Waals surface area contributed by atoms with Crippen molar-refractivity contribution in [1.29, 1.82) is 0 Å². The average molecular weight is 346 g/mol. The van der Waals surface area contributed by atoms with E-state index in [1.54, 1.807) is 17.1 Å². The molecule has 0 spiro atoms. The number of carbonyl (C=O) groups excluding carboxylic acids is 2. The summed E-state index contributed by atoms with van der Waals surface area (Å²) in [6.07, 6.45) is 3.38. The number of ketones is 1. The molecule has 0 aliphatic carbocycles. The number of nitrogens with zero attached hydrogens (tertiary/aromatic N) is 1. The van der Waals surface area contributed by atoms with E-state index < -0.39 is 6.04 Å². The van der Waals surface area contributed by atoms with Crippen LogP contribution in [0.3, 0.4) is 0 Å². The maximum atomic E-state index is 13.0. The first-order chi connectivity index (χ1) is 12.6. The highest BCUT2D eigenvalue weighted by Gasteiger charge is 2.33. The van der Waals surface area contributed by atoms with Crippen molar-refractivity contribution in [3.8, 4) is 0 Å². The molecule has 0 aromatic heterocycles. The number of urea groups is 1. The second-order valence-electron chi connectivity index (χ2n) is 6.14. The van der Waals surface area contributed by atoms with Gasteiger partial charge >= 0.3 is 6.03 Å². The minimum absolute atomic E-state index is 0.0985. The lowest BCUT2D eigenvalue weighted by Gasteiger charge is -2.35. The fourth-order valence-electron chi connectivity index (χ4n) is 3.20. The Morgan fingerprint density at radius 3 is 2.31 bits per heavy atom. The summed E-state index contributed by atoms with van der Waals surface area (Å²) < 4.78 is 0. The zero-order chi connectivity index (χ0) is 18.5. The average Bonchev–Trinajstić information content (AvgIpc) is 2.67. The predicted octanol–water partition coefficient (Wildman–Crippen LogP) is 4.33. The van der Waals surface area contributed by atoms with Gasteiger partial charge in [-0.05, 0) is 31.1 Å². The molecule has 0 bridgehead atoms. The Kier molecular flexibility index (Phi) is 5.32. The molecule has 4 nitrogen and oxygen atoms in total. The van der Waals surface area contributed by atoms with Gasteiger partial charge in [-0.15, -0.1) is 0 Å². The highest BCUT2D eigenvalue weighted by molar-refractivity contribution is 6.09. The summed E-state index contributed by atoms with van der Waals surface area (Å²) in [6.45, 7) is 4.24. The Morgan fingerprint density at radius 2 is 1.69 bits per heavy atom. The molecule has 1 heterocycles. The Bertz CT molecular complexity index is 854. The molecule has 1 aliphatic rings. The zero-order valence-corrected chi connectivity index (χ0v) is 15.0. The molecule has 132 valence electrons. The number of nitrogens with one attached hydrogen (secondary N) is 1. The number of hydrogen-bond acceptors (Lipinski definition) is 2. The predicted molar refractivity (Wildman–Crippen MR) is 103 cm³/mol. The smallest absolute Gasteiger partial charge is 0.322 e. The second-order valence-corrected chi connectivity index (χ2v) is 6.14. The number of rotatable bonds is 5. The van der Waals surface area contributed by atoms with Crippen LogP contribution in [-0.2, 0) is 4.79 Å². The van der Waals surface area contributed by atoms with Crippen molar-refractivity contribution in [2.24, 2.45) is 0 Å². The van der Waals surface area contributed by atoms with Crippen LogP contribution in [0.4, 0.5) is 4.79 Å². The van der Waals surface area contributed by atoms with Crippen molar-refractivity contribution in [3.63, 3.8) is 0 Å². The summed E-state index contributed by atoms with van der Waals surface area (Å²) in [4.78, 5) is 27.0. The van der Waals surface area contributed by atoms with Crippen molar-refractivity contribution < 1.29 is 9.59 Å². The van der Waals surface area contributed by atoms with E-state index in [1.165, 1.54) is 0 Å². The first kappa shape index (κ1) is 17.7. The summed E-state index contributed by atoms with van der Waals surface area (Å²) in [7, 11) is 0. The number of hydrogen-bond donors (Lipinski definition) is 1. The molecule has 0 fully saturated rings. The van der Waals surface area contributed by atoms with Crippen molar-refractivity contribution in [1.82, 2.24) is 10.2 Å². The molecule has 1 atom stereocenters. The van der Waals surface area contributed by atoms with Gasteiger partial charge < -0.3 is 5.32 Å². The molecular weight excluding hydrogens is 324 g/mol. The number of benzene rings is 2. The molecule has 2 aromatic carbocycles. The van der Waals surface area contributed by atoms with Crippen molar-refractivity contribution in [2.75, 3.05) is 6.54 Å². The molecule has 1 unspecified atom stereocenters. The van der Waals surface area contributed by atoms with Crippen LogP contribution in [-0.4, -0.2) is 23.3 Å². The van der Waals surface area contributed by atoms with Crippen LogP contribution in [0.1, 0.15) is 31.0 Å². The van der Waals surface area contributed by atoms with Crippen LogP contribution >= 0.6 is 0 Å². The van der Waals surface area contributed by atoms with Crippen LogP contribution in [0.5, 0.6) is 0 Å². The van der Waals surface area contributed by atoms with E-state index in [9.17, 15) is 9.59 Å². The first-order valence-corrected chi connectivity index (χ1v) is 8.73. The van der Waals surface area contributed by atoms with Crippen LogP contribution in [0.25, 0.3) is 6.08 Å². The zero-order valence-electron chi connectivity index (χ0n) is 15.0. The molecule has 0 saturated heterocycles. The third-order valence-electron chi connectivity index (χ3n) is 4.54. The lowest BCUT2D eigenvalue weighted by molar-refractivity contribution is -0.111. The fraction of sp³-hybridized carbons (Fsp3) is 0.182. The Labute approximate surface area is 153 Å². The highest BCUT2D eigenvalue weighted by atomic mass is 16.2. The third kappa shape index (κ3) is 3.59. The van der Waals surface area contributed by atoms with E-state index in [0.717, 1.165) is 11.1 Å². The molecule has 2 aromatic rings. The van der Waals surface area contributed by atoms with Crippen molar-refractivity contribution in [2.45, 2.75) is 19.9 Å². The second kappa shape index (κ2) is 7.83. The summed E-state index contributed by atoms with van der Waals surface area (Å²) in [6, 6.07) is 18.6. The molecule has 0 radical (unpaired) electrons. The van der Waals surface area contributed by atoms with Gasteiger partial charge in [0.1, 0.15) is 0 Å². The van der Waals surface area contributed by atoms with Gasteiger partial charge in [0.25, 0.3) is 0 Å². The largest absolute Gasteiger partial charge is 0.327 e.